The zero-order valence-electron chi connectivity index (χ0n) is 16.9. The van der Waals surface area contributed by atoms with Crippen LogP contribution in [0.1, 0.15) is 6.42 Å². The van der Waals surface area contributed by atoms with E-state index >= 15 is 4.39 Å². The van der Waals surface area contributed by atoms with Crippen LogP contribution >= 0.6 is 0 Å². The van der Waals surface area contributed by atoms with E-state index in [1.54, 1.807) is 4.90 Å². The molecule has 2 atom stereocenters. The Hall–Kier alpha value is -3.02. The number of allylic oxidation sites excluding steroid dienone is 2. The number of anilines is 1. The van der Waals surface area contributed by atoms with Crippen LogP contribution in [0.3, 0.4) is 0 Å². The summed E-state index contributed by atoms with van der Waals surface area (Å²) in [6.07, 6.45) is 1.69. The van der Waals surface area contributed by atoms with Gasteiger partial charge in [0, 0.05) is 25.2 Å². The predicted molar refractivity (Wildman–Crippen MR) is 106 cm³/mol. The van der Waals surface area contributed by atoms with E-state index in [9.17, 15) is 18.7 Å². The van der Waals surface area contributed by atoms with Gasteiger partial charge in [-0.2, -0.15) is 0 Å². The minimum Gasteiger partial charge on any atom is -0.478 e. The lowest BCUT2D eigenvalue weighted by molar-refractivity contribution is -0.153. The average molecular weight is 450 g/mol. The first kappa shape index (κ1) is 20.9. The van der Waals surface area contributed by atoms with E-state index in [0.29, 0.717) is 24.9 Å². The van der Waals surface area contributed by atoms with Gasteiger partial charge in [-0.25, -0.2) is 18.0 Å². The van der Waals surface area contributed by atoms with Gasteiger partial charge in [0.15, 0.2) is 5.83 Å². The van der Waals surface area contributed by atoms with Crippen LogP contribution in [-0.2, 0) is 14.3 Å². The molecule has 8 nitrogen and oxygen atoms in total. The number of rotatable bonds is 3. The summed E-state index contributed by atoms with van der Waals surface area (Å²) in [5, 5.41) is 12.5. The summed E-state index contributed by atoms with van der Waals surface area (Å²) in [5.74, 6) is -4.37. The Balaban J connectivity index is 1.51. The van der Waals surface area contributed by atoms with E-state index in [4.69, 9.17) is 15.2 Å². The number of ether oxygens (including phenoxy) is 2. The maximum absolute atomic E-state index is 15.1. The minimum atomic E-state index is -1.21. The molecule has 0 aromatic heterocycles. The second kappa shape index (κ2) is 7.54. The van der Waals surface area contributed by atoms with E-state index in [1.165, 1.54) is 23.2 Å². The Morgan fingerprint density at radius 1 is 1.25 bits per heavy atom. The summed E-state index contributed by atoms with van der Waals surface area (Å²) in [4.78, 5) is 14.6. The third kappa shape index (κ3) is 3.33. The van der Waals surface area contributed by atoms with Crippen LogP contribution in [0, 0.1) is 11.6 Å². The molecule has 1 spiro atoms. The zero-order chi connectivity index (χ0) is 22.6. The fourth-order valence-corrected chi connectivity index (χ4v) is 4.55. The molecule has 4 heterocycles. The van der Waals surface area contributed by atoms with Gasteiger partial charge >= 0.3 is 5.97 Å². The summed E-state index contributed by atoms with van der Waals surface area (Å²) in [6.45, 7) is 1.24. The maximum atomic E-state index is 15.1. The van der Waals surface area contributed by atoms with Gasteiger partial charge in [-0.1, -0.05) is 0 Å². The van der Waals surface area contributed by atoms with Crippen LogP contribution < -0.4 is 16.0 Å². The molecule has 0 radical (unpaired) electrons. The molecule has 2 unspecified atom stereocenters. The number of likely N-dealkylation sites (tertiary alicyclic amines) is 1. The number of dihydropyridines is 1. The molecule has 4 aliphatic rings. The molecule has 32 heavy (non-hydrogen) atoms. The number of fused-ring (bicyclic) bond motifs is 1. The van der Waals surface area contributed by atoms with Crippen molar-refractivity contribution in [3.63, 3.8) is 0 Å². The number of carboxylic acids is 1. The predicted octanol–water partition coefficient (Wildman–Crippen LogP) is 1.52. The Bertz CT molecular complexity index is 1070. The lowest BCUT2D eigenvalue weighted by Crippen LogP contribution is -2.52. The monoisotopic (exact) mass is 450 g/mol. The van der Waals surface area contributed by atoms with E-state index in [1.807, 2.05) is 0 Å². The largest absolute Gasteiger partial charge is 0.478 e. The number of benzene rings is 1. The third-order valence-electron chi connectivity index (χ3n) is 6.08. The van der Waals surface area contributed by atoms with Gasteiger partial charge in [0.2, 0.25) is 5.79 Å². The van der Waals surface area contributed by atoms with Crippen molar-refractivity contribution in [2.24, 2.45) is 5.73 Å². The van der Waals surface area contributed by atoms with Crippen molar-refractivity contribution in [2.45, 2.75) is 24.4 Å². The van der Waals surface area contributed by atoms with Crippen molar-refractivity contribution in [2.75, 3.05) is 31.2 Å². The summed E-state index contributed by atoms with van der Waals surface area (Å²) in [5.41, 5.74) is 6.49. The summed E-state index contributed by atoms with van der Waals surface area (Å²) in [6, 6.07) is 2.48. The Morgan fingerprint density at radius 2 is 2.00 bits per heavy atom. The molecule has 4 aliphatic heterocycles. The smallest absolute Gasteiger partial charge is 0.333 e. The second-order valence-electron chi connectivity index (χ2n) is 8.10. The van der Waals surface area contributed by atoms with Crippen molar-refractivity contribution < 1.29 is 32.5 Å². The Labute approximate surface area is 181 Å². The number of hydrogen-bond acceptors (Lipinski definition) is 7. The van der Waals surface area contributed by atoms with Crippen LogP contribution in [0.25, 0.3) is 0 Å². The number of halogens is 3. The first-order chi connectivity index (χ1) is 15.3. The zero-order valence-corrected chi connectivity index (χ0v) is 16.9. The number of nitrogens with two attached hydrogens (primary N) is 1. The third-order valence-corrected chi connectivity index (χ3v) is 6.08. The van der Waals surface area contributed by atoms with Crippen LogP contribution in [0.5, 0.6) is 0 Å². The number of carboxylic acid groups (broad SMARTS) is 1. The number of aliphatic carboxylic acids is 1. The van der Waals surface area contributed by atoms with Crippen molar-refractivity contribution in [3.05, 3.63) is 64.9 Å². The molecule has 1 aromatic carbocycles. The van der Waals surface area contributed by atoms with E-state index in [2.05, 4.69) is 5.32 Å². The van der Waals surface area contributed by atoms with E-state index in [0.717, 1.165) is 6.07 Å². The molecule has 170 valence electrons. The molecule has 1 aromatic rings. The van der Waals surface area contributed by atoms with E-state index < -0.39 is 41.4 Å². The lowest BCUT2D eigenvalue weighted by atomic mass is 9.95. The minimum absolute atomic E-state index is 0.0390. The molecule has 11 heteroatoms. The highest BCUT2D eigenvalue weighted by atomic mass is 19.1. The Kier molecular flexibility index (Phi) is 4.91. The molecular formula is C21H21F3N4O4. The van der Waals surface area contributed by atoms with Crippen LogP contribution in [0.15, 0.2) is 53.3 Å². The normalized spacial score (nSPS) is 26.8. The first-order valence-electron chi connectivity index (χ1n) is 10.1. The summed E-state index contributed by atoms with van der Waals surface area (Å²) < 4.78 is 54.6. The summed E-state index contributed by atoms with van der Waals surface area (Å²) >= 11 is 0. The van der Waals surface area contributed by atoms with E-state index in [-0.39, 0.29) is 36.6 Å². The average Bonchev–Trinajstić information content (AvgIpc) is 3.34. The van der Waals surface area contributed by atoms with Crippen molar-refractivity contribution in [1.29, 1.82) is 0 Å². The quantitative estimate of drug-likeness (QED) is 0.638. The van der Waals surface area contributed by atoms with Gasteiger partial charge in [0.1, 0.15) is 23.6 Å². The van der Waals surface area contributed by atoms with Gasteiger partial charge in [0.05, 0.1) is 37.1 Å². The molecule has 0 bridgehead atoms. The van der Waals surface area contributed by atoms with Gasteiger partial charge in [-0.3, -0.25) is 0 Å². The first-order valence-corrected chi connectivity index (χ1v) is 10.1. The van der Waals surface area contributed by atoms with Gasteiger partial charge < -0.3 is 35.4 Å². The van der Waals surface area contributed by atoms with Gasteiger partial charge in [0.25, 0.3) is 0 Å². The number of nitrogens with zero attached hydrogens (tertiary/aromatic N) is 2. The second-order valence-corrected chi connectivity index (χ2v) is 8.10. The van der Waals surface area contributed by atoms with Crippen molar-refractivity contribution in [3.8, 4) is 0 Å². The van der Waals surface area contributed by atoms with Crippen molar-refractivity contribution in [1.82, 2.24) is 10.2 Å². The highest BCUT2D eigenvalue weighted by Gasteiger charge is 2.51. The van der Waals surface area contributed by atoms with Gasteiger partial charge in [-0.15, -0.1) is 0 Å². The highest BCUT2D eigenvalue weighted by molar-refractivity contribution is 5.88. The van der Waals surface area contributed by atoms with Crippen LogP contribution in [0.4, 0.5) is 18.9 Å². The fraction of sp³-hybridized carbons (Fsp3) is 0.381. The molecule has 0 aliphatic carbocycles. The van der Waals surface area contributed by atoms with Crippen LogP contribution in [0.2, 0.25) is 0 Å². The number of carbonyl (C=O) groups is 1. The summed E-state index contributed by atoms with van der Waals surface area (Å²) in [7, 11) is 0. The standard InChI is InChI=1S/C21H21F3N4O4/c22-13-1-2-16(14(23)7-13)28-8-12(20(29)30)5-11-6-15(24)19(26-18(11)28)27-9-17(25)21(10-27)31-3-4-32-21/h1-2,6-8,17-18,26H,3-5,9-10,25H2,(H,29,30). The molecular weight excluding hydrogens is 429 g/mol. The highest BCUT2D eigenvalue weighted by Crippen LogP contribution is 2.38. The molecule has 0 saturated carbocycles. The van der Waals surface area contributed by atoms with Crippen molar-refractivity contribution >= 4 is 11.7 Å². The SMILES string of the molecule is NC1CN(C2=C(F)C=C3CC(C(=O)O)=CN(c4ccc(F)cc4F)C3N2)CC12OCCO2. The maximum Gasteiger partial charge on any atom is 0.333 e. The molecule has 0 amide bonds. The number of nitrogens with one attached hydrogen (secondary N) is 1. The number of hydrogen-bond donors (Lipinski definition) is 3. The van der Waals surface area contributed by atoms with Gasteiger partial charge in [-0.05, 0) is 23.8 Å². The molecule has 2 saturated heterocycles. The molecule has 4 N–H and O–H groups in total. The molecule has 2 fully saturated rings. The fourth-order valence-electron chi connectivity index (χ4n) is 4.55. The topological polar surface area (TPSA) is 100 Å². The van der Waals surface area contributed by atoms with Crippen LogP contribution in [-0.4, -0.2) is 60.3 Å². The Morgan fingerprint density at radius 3 is 2.69 bits per heavy atom. The molecule has 5 rings (SSSR count). The lowest BCUT2D eigenvalue weighted by Gasteiger charge is -2.41.